The van der Waals surface area contributed by atoms with Gasteiger partial charge in [-0.15, -0.1) is 23.2 Å². The molecule has 6 atom stereocenters. The molecule has 12 heteroatoms. The fourth-order valence-electron chi connectivity index (χ4n) is 7.77. The van der Waals surface area contributed by atoms with Crippen molar-refractivity contribution in [2.75, 3.05) is 12.6 Å². The summed E-state index contributed by atoms with van der Waals surface area (Å²) in [5.74, 6) is -4.84. The third-order valence-electron chi connectivity index (χ3n) is 9.59. The van der Waals surface area contributed by atoms with Crippen molar-refractivity contribution >= 4 is 74.4 Å². The van der Waals surface area contributed by atoms with Crippen molar-refractivity contribution in [3.05, 3.63) is 34.4 Å². The second-order valence-corrected chi connectivity index (χ2v) is 13.5. The van der Waals surface area contributed by atoms with Crippen LogP contribution in [0.1, 0.15) is 56.4 Å². The van der Waals surface area contributed by atoms with Crippen LogP contribution in [-0.4, -0.2) is 66.9 Å². The van der Waals surface area contributed by atoms with Gasteiger partial charge in [0.05, 0.1) is 29.4 Å². The SMILES string of the molecule is COc1cc(C2C3=CCC4C(=O)N(C5CCCCC5)C(=O)C4C3CC3(Cl)C(=O)N(CBr)C(=O)C23Cl)cc(Cl)c1O. The molecule has 2 aliphatic heterocycles. The van der Waals surface area contributed by atoms with Crippen molar-refractivity contribution in [1.29, 1.82) is 0 Å². The molecule has 6 rings (SSSR count). The normalized spacial score (nSPS) is 36.0. The van der Waals surface area contributed by atoms with Crippen LogP contribution in [0.3, 0.4) is 0 Å². The van der Waals surface area contributed by atoms with Crippen LogP contribution >= 0.6 is 50.7 Å². The van der Waals surface area contributed by atoms with Crippen molar-refractivity contribution in [3.63, 3.8) is 0 Å². The van der Waals surface area contributed by atoms with E-state index >= 15 is 0 Å². The third kappa shape index (κ3) is 3.62. The van der Waals surface area contributed by atoms with Crippen LogP contribution in [0.4, 0.5) is 0 Å². The number of methoxy groups -OCH3 is 1. The number of carbonyl (C=O) groups is 4. The molecular formula is C28H28BrCl3N2O6. The van der Waals surface area contributed by atoms with Gasteiger partial charge in [0, 0.05) is 12.0 Å². The van der Waals surface area contributed by atoms with E-state index in [1.807, 2.05) is 6.08 Å². The maximum atomic E-state index is 14.0. The summed E-state index contributed by atoms with van der Waals surface area (Å²) < 4.78 is 5.33. The van der Waals surface area contributed by atoms with Crippen LogP contribution in [0.2, 0.25) is 5.02 Å². The highest BCUT2D eigenvalue weighted by molar-refractivity contribution is 9.09. The van der Waals surface area contributed by atoms with Crippen LogP contribution in [0.25, 0.3) is 0 Å². The molecule has 3 aliphatic carbocycles. The quantitative estimate of drug-likeness (QED) is 0.207. The number of likely N-dealkylation sites (tertiary alicyclic amines) is 2. The predicted molar refractivity (Wildman–Crippen MR) is 152 cm³/mol. The number of rotatable bonds is 4. The summed E-state index contributed by atoms with van der Waals surface area (Å²) in [6.45, 7) is 0. The molecule has 0 radical (unpaired) electrons. The molecule has 214 valence electrons. The monoisotopic (exact) mass is 672 g/mol. The number of amides is 4. The average Bonchev–Trinajstić information content (AvgIpc) is 3.28. The summed E-state index contributed by atoms with van der Waals surface area (Å²) in [6.07, 6.45) is 6.70. The van der Waals surface area contributed by atoms with Gasteiger partial charge in [-0.25, -0.2) is 0 Å². The van der Waals surface area contributed by atoms with Gasteiger partial charge in [-0.2, -0.15) is 0 Å². The summed E-state index contributed by atoms with van der Waals surface area (Å²) >= 11 is 24.1. The van der Waals surface area contributed by atoms with Crippen LogP contribution in [0, 0.1) is 17.8 Å². The first-order chi connectivity index (χ1) is 19.0. The van der Waals surface area contributed by atoms with E-state index in [1.165, 1.54) is 24.1 Å². The number of ether oxygens (including phenoxy) is 1. The molecule has 0 bridgehead atoms. The van der Waals surface area contributed by atoms with E-state index in [2.05, 4.69) is 15.9 Å². The molecule has 2 heterocycles. The van der Waals surface area contributed by atoms with Gasteiger partial charge in [-0.1, -0.05) is 58.4 Å². The van der Waals surface area contributed by atoms with E-state index in [0.29, 0.717) is 17.6 Å². The standard InChI is InChI=1S/C28H28BrCl3N2O6/c1-40-19-10-13(9-18(30)22(19)35)21-15-7-8-16-20(24(37)34(23(16)36)14-5-3-2-4-6-14)17(15)11-27(31)25(38)33(12-29)26(39)28(21,27)32/h7,9-10,14,16-17,20-21,35H,2-6,8,11-12H2,1H3. The molecule has 4 amide bonds. The number of fused-ring (bicyclic) bond motifs is 4. The van der Waals surface area contributed by atoms with Gasteiger partial charge in [-0.05, 0) is 49.3 Å². The van der Waals surface area contributed by atoms with Gasteiger partial charge in [-0.3, -0.25) is 29.0 Å². The number of allylic oxidation sites excluding steroid dienone is 2. The molecule has 0 aromatic heterocycles. The molecule has 4 fully saturated rings. The first-order valence-electron chi connectivity index (χ1n) is 13.4. The molecular weight excluding hydrogens is 647 g/mol. The van der Waals surface area contributed by atoms with E-state index in [4.69, 9.17) is 39.5 Å². The van der Waals surface area contributed by atoms with E-state index < -0.39 is 45.2 Å². The Bertz CT molecular complexity index is 1370. The number of halogens is 4. The minimum absolute atomic E-state index is 0.0316. The molecule has 8 nitrogen and oxygen atoms in total. The maximum absolute atomic E-state index is 14.0. The number of nitrogens with zero attached hydrogens (tertiary/aromatic N) is 2. The first-order valence-corrected chi connectivity index (χ1v) is 15.7. The van der Waals surface area contributed by atoms with Crippen molar-refractivity contribution in [1.82, 2.24) is 9.80 Å². The largest absolute Gasteiger partial charge is 0.503 e. The van der Waals surface area contributed by atoms with Crippen molar-refractivity contribution < 1.29 is 29.0 Å². The number of benzene rings is 1. The second-order valence-electron chi connectivity index (χ2n) is 11.4. The molecule has 1 aromatic carbocycles. The summed E-state index contributed by atoms with van der Waals surface area (Å²) in [7, 11) is 1.37. The summed E-state index contributed by atoms with van der Waals surface area (Å²) in [6, 6.07) is 2.87. The zero-order chi connectivity index (χ0) is 28.7. The highest BCUT2D eigenvalue weighted by Gasteiger charge is 2.76. The molecule has 1 N–H and O–H groups in total. The molecule has 40 heavy (non-hydrogen) atoms. The van der Waals surface area contributed by atoms with Gasteiger partial charge in [0.1, 0.15) is 0 Å². The average molecular weight is 675 g/mol. The maximum Gasteiger partial charge on any atom is 0.254 e. The number of imide groups is 2. The second kappa shape index (κ2) is 9.89. The number of aromatic hydroxyl groups is 1. The molecule has 5 aliphatic rings. The topological polar surface area (TPSA) is 104 Å². The van der Waals surface area contributed by atoms with E-state index in [-0.39, 0.29) is 46.3 Å². The molecule has 0 spiro atoms. The Hall–Kier alpha value is -1.81. The molecule has 2 saturated heterocycles. The number of hydrogen-bond acceptors (Lipinski definition) is 6. The third-order valence-corrected chi connectivity index (χ3v) is 11.8. The van der Waals surface area contributed by atoms with E-state index in [9.17, 15) is 24.3 Å². The number of phenols is 1. The summed E-state index contributed by atoms with van der Waals surface area (Å²) in [4.78, 5) is 53.9. The lowest BCUT2D eigenvalue weighted by Gasteiger charge is -2.50. The highest BCUT2D eigenvalue weighted by atomic mass is 79.9. The fraction of sp³-hybridized carbons (Fsp3) is 0.571. The minimum Gasteiger partial charge on any atom is -0.503 e. The number of alkyl halides is 3. The van der Waals surface area contributed by atoms with Gasteiger partial charge in [0.15, 0.2) is 21.2 Å². The number of phenolic OH excluding ortho intramolecular Hbond substituents is 1. The van der Waals surface area contributed by atoms with Gasteiger partial charge < -0.3 is 9.84 Å². The lowest BCUT2D eigenvalue weighted by Crippen LogP contribution is -2.60. The molecule has 6 unspecified atom stereocenters. The Morgan fingerprint density at radius 1 is 1.05 bits per heavy atom. The van der Waals surface area contributed by atoms with Crippen molar-refractivity contribution in [2.45, 2.75) is 66.7 Å². The Kier molecular flexibility index (Phi) is 7.00. The zero-order valence-electron chi connectivity index (χ0n) is 21.7. The Labute approximate surface area is 255 Å². The lowest BCUT2D eigenvalue weighted by molar-refractivity contribution is -0.144. The minimum atomic E-state index is -1.95. The van der Waals surface area contributed by atoms with Crippen LogP contribution in [0.5, 0.6) is 11.5 Å². The Morgan fingerprint density at radius 3 is 2.40 bits per heavy atom. The van der Waals surface area contributed by atoms with Crippen LogP contribution in [-0.2, 0) is 19.2 Å². The van der Waals surface area contributed by atoms with E-state index in [1.54, 1.807) is 0 Å². The zero-order valence-corrected chi connectivity index (χ0v) is 25.5. The molecule has 1 aromatic rings. The van der Waals surface area contributed by atoms with Crippen LogP contribution in [0.15, 0.2) is 23.8 Å². The Morgan fingerprint density at radius 2 is 1.75 bits per heavy atom. The molecule has 2 saturated carbocycles. The summed E-state index contributed by atoms with van der Waals surface area (Å²) in [5.41, 5.74) is 0.968. The number of carbonyl (C=O) groups excluding carboxylic acids is 4. The highest BCUT2D eigenvalue weighted by Crippen LogP contribution is 2.66. The van der Waals surface area contributed by atoms with Crippen molar-refractivity contribution in [3.8, 4) is 11.5 Å². The smallest absolute Gasteiger partial charge is 0.254 e. The van der Waals surface area contributed by atoms with Crippen molar-refractivity contribution in [2.24, 2.45) is 17.8 Å². The van der Waals surface area contributed by atoms with Gasteiger partial charge in [0.2, 0.25) is 11.8 Å². The fourth-order valence-corrected chi connectivity index (χ4v) is 9.41. The van der Waals surface area contributed by atoms with E-state index in [0.717, 1.165) is 37.0 Å². The first kappa shape index (κ1) is 28.3. The Balaban J connectivity index is 1.52. The predicted octanol–water partition coefficient (Wildman–Crippen LogP) is 5.10. The summed E-state index contributed by atoms with van der Waals surface area (Å²) in [5, 5.41) is 10.4. The van der Waals surface area contributed by atoms with Gasteiger partial charge >= 0.3 is 0 Å². The number of hydrogen-bond donors (Lipinski definition) is 1. The van der Waals surface area contributed by atoms with Gasteiger partial charge in [0.25, 0.3) is 11.8 Å². The lowest BCUT2D eigenvalue weighted by atomic mass is 9.56. The van der Waals surface area contributed by atoms with Crippen LogP contribution < -0.4 is 4.74 Å².